The predicted octanol–water partition coefficient (Wildman–Crippen LogP) is 1.47. The van der Waals surface area contributed by atoms with Crippen LogP contribution in [0.3, 0.4) is 0 Å². The Morgan fingerprint density at radius 1 is 1.14 bits per heavy atom. The molecule has 0 aliphatic heterocycles. The van der Waals surface area contributed by atoms with Gasteiger partial charge in [0.05, 0.1) is 40.2 Å². The van der Waals surface area contributed by atoms with Gasteiger partial charge in [0.2, 0.25) is 0 Å². The van der Waals surface area contributed by atoms with E-state index in [2.05, 4.69) is 33.3 Å². The summed E-state index contributed by atoms with van der Waals surface area (Å²) < 4.78 is 0.875. The van der Waals surface area contributed by atoms with Crippen LogP contribution >= 0.6 is 0 Å². The summed E-state index contributed by atoms with van der Waals surface area (Å²) in [4.78, 5) is 0. The average Bonchev–Trinajstić information content (AvgIpc) is 2.14. The molecular weight excluding hydrogens is 174 g/mol. The molecule has 1 rings (SSSR count). The Labute approximate surface area is 86.4 Å². The van der Waals surface area contributed by atoms with E-state index in [-0.39, 0.29) is 12.5 Å². The van der Waals surface area contributed by atoms with Crippen LogP contribution in [-0.2, 0) is 0 Å². The van der Waals surface area contributed by atoms with Crippen LogP contribution in [0.4, 0.5) is 0 Å². The molecule has 0 fully saturated rings. The highest BCUT2D eigenvalue weighted by Gasteiger charge is 2.18. The van der Waals surface area contributed by atoms with E-state index in [0.29, 0.717) is 0 Å². The van der Waals surface area contributed by atoms with Crippen LogP contribution in [0.25, 0.3) is 0 Å². The number of likely N-dealkylation sites (N-methyl/N-ethyl adjacent to an activating group) is 1. The van der Waals surface area contributed by atoms with Crippen molar-refractivity contribution in [3.63, 3.8) is 0 Å². The van der Waals surface area contributed by atoms with Crippen molar-refractivity contribution in [2.45, 2.75) is 5.92 Å². The van der Waals surface area contributed by atoms with Gasteiger partial charge in [-0.05, 0) is 5.56 Å². The van der Waals surface area contributed by atoms with E-state index in [0.717, 1.165) is 11.0 Å². The SMILES string of the molecule is C[N+](C)(C)CC(CO)c1ccccc1. The lowest BCUT2D eigenvalue weighted by molar-refractivity contribution is -0.871. The minimum Gasteiger partial charge on any atom is -0.396 e. The third kappa shape index (κ3) is 3.48. The fourth-order valence-electron chi connectivity index (χ4n) is 1.65. The standard InChI is InChI=1S/C12H20NO/c1-13(2,3)9-12(10-14)11-7-5-4-6-8-11/h4-8,12,14H,9-10H2,1-3H3/q+1. The first kappa shape index (κ1) is 11.2. The maximum atomic E-state index is 9.33. The van der Waals surface area contributed by atoms with Crippen molar-refractivity contribution in [3.8, 4) is 0 Å². The highest BCUT2D eigenvalue weighted by molar-refractivity contribution is 5.19. The third-order valence-corrected chi connectivity index (χ3v) is 2.26. The first-order valence-electron chi connectivity index (χ1n) is 4.99. The van der Waals surface area contributed by atoms with Crippen molar-refractivity contribution in [3.05, 3.63) is 35.9 Å². The van der Waals surface area contributed by atoms with Gasteiger partial charge in [0.1, 0.15) is 0 Å². The van der Waals surface area contributed by atoms with E-state index in [4.69, 9.17) is 0 Å². The quantitative estimate of drug-likeness (QED) is 0.720. The number of nitrogens with zero attached hydrogens (tertiary/aromatic N) is 1. The number of rotatable bonds is 4. The summed E-state index contributed by atoms with van der Waals surface area (Å²) >= 11 is 0. The van der Waals surface area contributed by atoms with Gasteiger partial charge >= 0.3 is 0 Å². The van der Waals surface area contributed by atoms with Crippen LogP contribution in [0, 0.1) is 0 Å². The summed E-state index contributed by atoms with van der Waals surface area (Å²) in [6.07, 6.45) is 0. The maximum Gasteiger partial charge on any atom is 0.0872 e. The lowest BCUT2D eigenvalue weighted by atomic mass is 9.99. The van der Waals surface area contributed by atoms with Crippen molar-refractivity contribution in [1.29, 1.82) is 0 Å². The van der Waals surface area contributed by atoms with Gasteiger partial charge in [0, 0.05) is 0 Å². The molecular formula is C12H20NO+. The fraction of sp³-hybridized carbons (Fsp3) is 0.500. The van der Waals surface area contributed by atoms with E-state index < -0.39 is 0 Å². The molecule has 1 N–H and O–H groups in total. The molecule has 0 spiro atoms. The third-order valence-electron chi connectivity index (χ3n) is 2.26. The van der Waals surface area contributed by atoms with Crippen molar-refractivity contribution in [2.24, 2.45) is 0 Å². The zero-order valence-corrected chi connectivity index (χ0v) is 9.27. The van der Waals surface area contributed by atoms with Gasteiger partial charge in [-0.1, -0.05) is 30.3 Å². The molecule has 1 aromatic rings. The van der Waals surface area contributed by atoms with Crippen molar-refractivity contribution >= 4 is 0 Å². The minimum absolute atomic E-state index is 0.222. The molecule has 0 heterocycles. The largest absolute Gasteiger partial charge is 0.396 e. The number of hydrogen-bond acceptors (Lipinski definition) is 1. The zero-order chi connectivity index (χ0) is 10.6. The van der Waals surface area contributed by atoms with Gasteiger partial charge in [-0.15, -0.1) is 0 Å². The lowest BCUT2D eigenvalue weighted by Crippen LogP contribution is -2.39. The van der Waals surface area contributed by atoms with E-state index >= 15 is 0 Å². The fourth-order valence-corrected chi connectivity index (χ4v) is 1.65. The van der Waals surface area contributed by atoms with Crippen LogP contribution in [0.15, 0.2) is 30.3 Å². The summed E-state index contributed by atoms with van der Waals surface area (Å²) in [5.74, 6) is 0.246. The molecule has 2 heteroatoms. The first-order chi connectivity index (χ1) is 6.53. The van der Waals surface area contributed by atoms with Crippen LogP contribution in [0.2, 0.25) is 0 Å². The number of benzene rings is 1. The van der Waals surface area contributed by atoms with Gasteiger partial charge in [0.15, 0.2) is 0 Å². The smallest absolute Gasteiger partial charge is 0.0872 e. The molecule has 0 saturated heterocycles. The van der Waals surface area contributed by atoms with Crippen molar-refractivity contribution in [1.82, 2.24) is 0 Å². The molecule has 0 aromatic heterocycles. The molecule has 1 atom stereocenters. The van der Waals surface area contributed by atoms with Crippen LogP contribution < -0.4 is 0 Å². The Morgan fingerprint density at radius 3 is 2.14 bits per heavy atom. The zero-order valence-electron chi connectivity index (χ0n) is 9.27. The van der Waals surface area contributed by atoms with E-state index in [1.165, 1.54) is 5.56 Å². The van der Waals surface area contributed by atoms with E-state index in [1.54, 1.807) is 0 Å². The molecule has 78 valence electrons. The van der Waals surface area contributed by atoms with Gasteiger partial charge in [-0.3, -0.25) is 0 Å². The molecule has 0 aliphatic rings. The van der Waals surface area contributed by atoms with Crippen LogP contribution in [-0.4, -0.2) is 43.9 Å². The summed E-state index contributed by atoms with van der Waals surface area (Å²) in [5.41, 5.74) is 1.23. The van der Waals surface area contributed by atoms with Crippen LogP contribution in [0.1, 0.15) is 11.5 Å². The van der Waals surface area contributed by atoms with Gasteiger partial charge in [-0.25, -0.2) is 0 Å². The Hall–Kier alpha value is -0.860. The minimum atomic E-state index is 0.222. The van der Waals surface area contributed by atoms with Crippen LogP contribution in [0.5, 0.6) is 0 Å². The molecule has 0 amide bonds. The van der Waals surface area contributed by atoms with Crippen molar-refractivity contribution in [2.75, 3.05) is 34.3 Å². The second kappa shape index (κ2) is 4.58. The summed E-state index contributed by atoms with van der Waals surface area (Å²) in [7, 11) is 6.43. The Kier molecular flexibility index (Phi) is 3.67. The molecule has 0 bridgehead atoms. The number of quaternary nitrogens is 1. The van der Waals surface area contributed by atoms with Gasteiger partial charge in [-0.2, -0.15) is 0 Å². The topological polar surface area (TPSA) is 20.2 Å². The maximum absolute atomic E-state index is 9.33. The second-order valence-electron chi connectivity index (χ2n) is 4.76. The molecule has 1 aromatic carbocycles. The Morgan fingerprint density at radius 2 is 1.71 bits per heavy atom. The molecule has 0 radical (unpaired) electrons. The predicted molar refractivity (Wildman–Crippen MR) is 59.2 cm³/mol. The molecule has 0 aliphatic carbocycles. The average molecular weight is 194 g/mol. The second-order valence-corrected chi connectivity index (χ2v) is 4.76. The molecule has 14 heavy (non-hydrogen) atoms. The van der Waals surface area contributed by atoms with E-state index in [9.17, 15) is 5.11 Å². The first-order valence-corrected chi connectivity index (χ1v) is 4.99. The summed E-state index contributed by atoms with van der Waals surface area (Å²) in [6.45, 7) is 1.18. The number of hydrogen-bond donors (Lipinski definition) is 1. The highest BCUT2D eigenvalue weighted by atomic mass is 16.3. The Balaban J connectivity index is 2.73. The van der Waals surface area contributed by atoms with E-state index in [1.807, 2.05) is 18.2 Å². The van der Waals surface area contributed by atoms with Crippen molar-refractivity contribution < 1.29 is 9.59 Å². The Bertz CT molecular complexity index is 263. The highest BCUT2D eigenvalue weighted by Crippen LogP contribution is 2.17. The normalized spacial score (nSPS) is 14.0. The molecule has 0 saturated carbocycles. The van der Waals surface area contributed by atoms with Gasteiger partial charge in [0.25, 0.3) is 0 Å². The summed E-state index contributed by atoms with van der Waals surface area (Å²) in [6, 6.07) is 10.2. The number of aliphatic hydroxyl groups is 1. The molecule has 1 unspecified atom stereocenters. The lowest BCUT2D eigenvalue weighted by Gasteiger charge is -2.28. The van der Waals surface area contributed by atoms with Gasteiger partial charge < -0.3 is 9.59 Å². The monoisotopic (exact) mass is 194 g/mol. The summed E-state index contributed by atoms with van der Waals surface area (Å²) in [5, 5.41) is 9.33. The number of aliphatic hydroxyl groups excluding tert-OH is 1. The molecule has 2 nitrogen and oxygen atoms in total.